The van der Waals surface area contributed by atoms with Crippen LogP contribution in [0, 0.1) is 11.3 Å². The van der Waals surface area contributed by atoms with Crippen molar-refractivity contribution >= 4 is 22.9 Å². The van der Waals surface area contributed by atoms with Crippen LogP contribution >= 0.6 is 0 Å². The summed E-state index contributed by atoms with van der Waals surface area (Å²) in [6, 6.07) is 7.29. The Hall–Kier alpha value is -3.01. The van der Waals surface area contributed by atoms with E-state index in [1.807, 2.05) is 29.4 Å². The van der Waals surface area contributed by atoms with Gasteiger partial charge in [-0.25, -0.2) is 4.98 Å². The molecule has 1 aliphatic heterocycles. The van der Waals surface area contributed by atoms with Crippen LogP contribution in [0.5, 0.6) is 0 Å². The van der Waals surface area contributed by atoms with Gasteiger partial charge in [0.2, 0.25) is 5.95 Å². The number of nitriles is 1. The van der Waals surface area contributed by atoms with E-state index in [2.05, 4.69) is 20.6 Å². The summed E-state index contributed by atoms with van der Waals surface area (Å²) in [5.41, 5.74) is 2.16. The third-order valence-corrected chi connectivity index (χ3v) is 3.16. The summed E-state index contributed by atoms with van der Waals surface area (Å²) < 4.78 is 0. The predicted molar refractivity (Wildman–Crippen MR) is 78.3 cm³/mol. The molecule has 106 valence electrons. The fraction of sp³-hybridized carbons (Fsp3) is 0.214. The molecular weight excluding hydrogens is 268 g/mol. The second-order valence-corrected chi connectivity index (χ2v) is 4.60. The Morgan fingerprint density at radius 2 is 2.43 bits per heavy atom. The molecule has 2 heterocycles. The van der Waals surface area contributed by atoms with Crippen molar-refractivity contribution in [3.05, 3.63) is 36.2 Å². The summed E-state index contributed by atoms with van der Waals surface area (Å²) in [5, 5.41) is 14.2. The van der Waals surface area contributed by atoms with E-state index in [-0.39, 0.29) is 5.91 Å². The number of imidazole rings is 1. The maximum Gasteiger partial charge on any atom is 0.251 e. The van der Waals surface area contributed by atoms with Gasteiger partial charge in [-0.05, 0) is 18.2 Å². The molecule has 0 saturated carbocycles. The molecule has 3 rings (SSSR count). The van der Waals surface area contributed by atoms with Crippen molar-refractivity contribution in [2.75, 3.05) is 18.1 Å². The highest BCUT2D eigenvalue weighted by Gasteiger charge is 2.13. The van der Waals surface area contributed by atoms with E-state index >= 15 is 0 Å². The lowest BCUT2D eigenvalue weighted by Crippen LogP contribution is -2.24. The molecule has 0 unspecified atom stereocenters. The van der Waals surface area contributed by atoms with Gasteiger partial charge in [0.05, 0.1) is 30.2 Å². The zero-order valence-electron chi connectivity index (χ0n) is 11.3. The van der Waals surface area contributed by atoms with Crippen LogP contribution in [0.25, 0.3) is 11.0 Å². The number of hydrogen-bond donors (Lipinski definition) is 3. The van der Waals surface area contributed by atoms with E-state index in [4.69, 9.17) is 5.26 Å². The van der Waals surface area contributed by atoms with Crippen LogP contribution < -0.4 is 15.5 Å². The molecule has 0 spiro atoms. The number of amides is 1. The second kappa shape index (κ2) is 5.54. The zero-order chi connectivity index (χ0) is 14.7. The van der Waals surface area contributed by atoms with E-state index in [1.165, 1.54) is 0 Å². The first kappa shape index (κ1) is 13.0. The van der Waals surface area contributed by atoms with Gasteiger partial charge in [0, 0.05) is 24.5 Å². The number of benzene rings is 1. The number of carbonyl (C=O) groups excluding carboxylic acids is 1. The van der Waals surface area contributed by atoms with Crippen molar-refractivity contribution in [1.29, 1.82) is 5.26 Å². The highest BCUT2D eigenvalue weighted by molar-refractivity contribution is 5.97. The molecular formula is C14H14N6O. The lowest BCUT2D eigenvalue weighted by atomic mass is 10.2. The number of nitrogens with one attached hydrogen (secondary N) is 3. The molecule has 1 aromatic carbocycles. The van der Waals surface area contributed by atoms with Crippen LogP contribution in [0.15, 0.2) is 30.6 Å². The van der Waals surface area contributed by atoms with Crippen molar-refractivity contribution in [3.63, 3.8) is 0 Å². The molecule has 0 saturated heterocycles. The summed E-state index contributed by atoms with van der Waals surface area (Å²) in [6.45, 7) is 1.02. The Bertz CT molecular complexity index is 741. The number of fused-ring (bicyclic) bond motifs is 1. The summed E-state index contributed by atoms with van der Waals surface area (Å²) in [5.74, 6) is 0.541. The second-order valence-electron chi connectivity index (χ2n) is 4.60. The van der Waals surface area contributed by atoms with Gasteiger partial charge in [0.25, 0.3) is 5.91 Å². The van der Waals surface area contributed by atoms with Crippen LogP contribution in [-0.2, 0) is 0 Å². The minimum atomic E-state index is -0.189. The minimum Gasteiger partial charge on any atom is -0.372 e. The Balaban J connectivity index is 1.81. The number of aromatic amines is 1. The number of aromatic nitrogens is 2. The number of carbonyl (C=O) groups is 1. The quantitative estimate of drug-likeness (QED) is 0.728. The van der Waals surface area contributed by atoms with Crippen LogP contribution in [0.3, 0.4) is 0 Å². The fourth-order valence-corrected chi connectivity index (χ4v) is 2.10. The summed E-state index contributed by atoms with van der Waals surface area (Å²) in [6.07, 6.45) is 4.05. The standard InChI is InChI=1S/C14H14N6O/c15-4-1-5-17-13(21)10-2-3-11-12(8-10)19-14(18-11)20-7-6-16-9-20/h2-3,6-8,16H,1,5,9H2,(H,17,21)(H,18,19). The Labute approximate surface area is 121 Å². The fourth-order valence-electron chi connectivity index (χ4n) is 2.10. The van der Waals surface area contributed by atoms with Crippen LogP contribution in [0.2, 0.25) is 0 Å². The third-order valence-electron chi connectivity index (χ3n) is 3.16. The van der Waals surface area contributed by atoms with Crippen molar-refractivity contribution < 1.29 is 4.79 Å². The molecule has 1 aliphatic rings. The van der Waals surface area contributed by atoms with Gasteiger partial charge in [-0.2, -0.15) is 5.26 Å². The number of nitrogens with zero attached hydrogens (tertiary/aromatic N) is 3. The maximum atomic E-state index is 11.9. The molecule has 0 atom stereocenters. The predicted octanol–water partition coefficient (Wildman–Crippen LogP) is 1.04. The minimum absolute atomic E-state index is 0.189. The first-order valence-corrected chi connectivity index (χ1v) is 6.59. The van der Waals surface area contributed by atoms with Gasteiger partial charge in [0.15, 0.2) is 0 Å². The van der Waals surface area contributed by atoms with Gasteiger partial charge in [-0.1, -0.05) is 0 Å². The van der Waals surface area contributed by atoms with Gasteiger partial charge >= 0.3 is 0 Å². The molecule has 3 N–H and O–H groups in total. The van der Waals surface area contributed by atoms with Crippen molar-refractivity contribution in [3.8, 4) is 6.07 Å². The van der Waals surface area contributed by atoms with Crippen molar-refractivity contribution in [1.82, 2.24) is 20.6 Å². The van der Waals surface area contributed by atoms with Crippen LogP contribution in [0.4, 0.5) is 5.95 Å². The Morgan fingerprint density at radius 3 is 3.19 bits per heavy atom. The van der Waals surface area contributed by atoms with Gasteiger partial charge in [-0.3, -0.25) is 9.69 Å². The summed E-state index contributed by atoms with van der Waals surface area (Å²) in [4.78, 5) is 21.5. The highest BCUT2D eigenvalue weighted by atomic mass is 16.1. The average Bonchev–Trinajstić information content (AvgIpc) is 3.15. The molecule has 1 aromatic heterocycles. The molecule has 2 aromatic rings. The van der Waals surface area contributed by atoms with Gasteiger partial charge < -0.3 is 15.6 Å². The normalized spacial score (nSPS) is 13.2. The monoisotopic (exact) mass is 282 g/mol. The molecule has 7 nitrogen and oxygen atoms in total. The number of hydrogen-bond acceptors (Lipinski definition) is 5. The Kier molecular flexibility index (Phi) is 3.43. The molecule has 0 bridgehead atoms. The lowest BCUT2D eigenvalue weighted by molar-refractivity contribution is 0.0954. The Morgan fingerprint density at radius 1 is 1.52 bits per heavy atom. The third kappa shape index (κ3) is 2.65. The van der Waals surface area contributed by atoms with Crippen LogP contribution in [-0.4, -0.2) is 29.1 Å². The number of rotatable bonds is 4. The van der Waals surface area contributed by atoms with Crippen molar-refractivity contribution in [2.45, 2.75) is 6.42 Å². The van der Waals surface area contributed by atoms with Crippen LogP contribution in [0.1, 0.15) is 16.8 Å². The van der Waals surface area contributed by atoms with E-state index in [1.54, 1.807) is 12.1 Å². The highest BCUT2D eigenvalue weighted by Crippen LogP contribution is 2.19. The van der Waals surface area contributed by atoms with E-state index in [0.29, 0.717) is 25.2 Å². The van der Waals surface area contributed by atoms with E-state index in [9.17, 15) is 4.79 Å². The first-order valence-electron chi connectivity index (χ1n) is 6.59. The molecule has 21 heavy (non-hydrogen) atoms. The molecule has 7 heteroatoms. The topological polar surface area (TPSA) is 96.8 Å². The smallest absolute Gasteiger partial charge is 0.251 e. The van der Waals surface area contributed by atoms with E-state index < -0.39 is 0 Å². The maximum absolute atomic E-state index is 11.9. The molecule has 0 aliphatic carbocycles. The number of H-pyrrole nitrogens is 1. The lowest BCUT2D eigenvalue weighted by Gasteiger charge is -2.09. The van der Waals surface area contributed by atoms with E-state index in [0.717, 1.165) is 17.0 Å². The number of anilines is 1. The summed E-state index contributed by atoms with van der Waals surface area (Å²) in [7, 11) is 0. The average molecular weight is 282 g/mol. The molecule has 0 radical (unpaired) electrons. The SMILES string of the molecule is N#CCCNC(=O)c1ccc2nc(N3C=CNC3)[nH]c2c1. The van der Waals surface area contributed by atoms with Crippen molar-refractivity contribution in [2.24, 2.45) is 0 Å². The van der Waals surface area contributed by atoms with Gasteiger partial charge in [0.1, 0.15) is 0 Å². The first-order chi connectivity index (χ1) is 10.3. The summed E-state index contributed by atoms with van der Waals surface area (Å²) >= 11 is 0. The zero-order valence-corrected chi connectivity index (χ0v) is 11.3. The largest absolute Gasteiger partial charge is 0.372 e. The molecule has 1 amide bonds. The van der Waals surface area contributed by atoms with Gasteiger partial charge in [-0.15, -0.1) is 0 Å². The molecule has 0 fully saturated rings.